The van der Waals surface area contributed by atoms with Crippen molar-refractivity contribution in [2.75, 3.05) is 20.8 Å². The van der Waals surface area contributed by atoms with E-state index in [9.17, 15) is 9.90 Å². The standard InChI is InChI=1S/C23H29NO5/c1-22(14-12-17-8-6-5-7-9-17)23(2,26)24(21(25)29-22)15-13-18-10-11-19(27-3)20(16-18)28-4/h5-11,16,26H,12-15H2,1-4H3/t22-,23-/m0/s1. The zero-order chi connectivity index (χ0) is 21.1. The fourth-order valence-electron chi connectivity index (χ4n) is 3.71. The van der Waals surface area contributed by atoms with Crippen molar-refractivity contribution in [3.8, 4) is 11.5 Å². The van der Waals surface area contributed by atoms with E-state index in [0.717, 1.165) is 11.1 Å². The van der Waals surface area contributed by atoms with Crippen LogP contribution >= 0.6 is 0 Å². The van der Waals surface area contributed by atoms with Gasteiger partial charge >= 0.3 is 6.09 Å². The zero-order valence-corrected chi connectivity index (χ0v) is 17.5. The molecule has 2 aromatic carbocycles. The minimum atomic E-state index is -1.41. The molecule has 6 heteroatoms. The molecular weight excluding hydrogens is 370 g/mol. The van der Waals surface area contributed by atoms with Gasteiger partial charge < -0.3 is 19.3 Å². The Bertz CT molecular complexity index is 852. The molecule has 1 N–H and O–H groups in total. The number of methoxy groups -OCH3 is 2. The molecule has 1 aliphatic heterocycles. The van der Waals surface area contributed by atoms with Crippen LogP contribution in [0.2, 0.25) is 0 Å². The van der Waals surface area contributed by atoms with Crippen LogP contribution in [0.5, 0.6) is 11.5 Å². The van der Waals surface area contributed by atoms with Crippen molar-refractivity contribution in [2.45, 2.75) is 44.4 Å². The van der Waals surface area contributed by atoms with Crippen LogP contribution in [-0.2, 0) is 17.6 Å². The number of hydrogen-bond donors (Lipinski definition) is 1. The average molecular weight is 399 g/mol. The molecule has 2 atom stereocenters. The van der Waals surface area contributed by atoms with Gasteiger partial charge in [-0.3, -0.25) is 4.90 Å². The molecular formula is C23H29NO5. The number of benzene rings is 2. The number of cyclic esters (lactones) is 1. The Balaban J connectivity index is 1.69. The highest BCUT2D eigenvalue weighted by atomic mass is 16.6. The second-order valence-corrected chi connectivity index (χ2v) is 7.70. The number of hydrogen-bond acceptors (Lipinski definition) is 5. The second kappa shape index (κ2) is 8.33. The van der Waals surface area contributed by atoms with E-state index < -0.39 is 17.4 Å². The Kier molecular flexibility index (Phi) is 6.03. The van der Waals surface area contributed by atoms with E-state index in [-0.39, 0.29) is 0 Å². The van der Waals surface area contributed by atoms with Crippen LogP contribution in [0.15, 0.2) is 48.5 Å². The summed E-state index contributed by atoms with van der Waals surface area (Å²) in [6.45, 7) is 3.78. The number of nitrogens with zero attached hydrogens (tertiary/aromatic N) is 1. The van der Waals surface area contributed by atoms with Crippen molar-refractivity contribution in [1.82, 2.24) is 4.90 Å². The predicted octanol–water partition coefficient (Wildman–Crippen LogP) is 3.80. The lowest BCUT2D eigenvalue weighted by Crippen LogP contribution is -2.55. The maximum absolute atomic E-state index is 12.6. The Morgan fingerprint density at radius 2 is 1.66 bits per heavy atom. The van der Waals surface area contributed by atoms with E-state index in [1.165, 1.54) is 4.90 Å². The van der Waals surface area contributed by atoms with Crippen molar-refractivity contribution < 1.29 is 24.1 Å². The van der Waals surface area contributed by atoms with Crippen LogP contribution in [0.4, 0.5) is 4.79 Å². The third-order valence-corrected chi connectivity index (χ3v) is 5.87. The first kappa shape index (κ1) is 21.0. The lowest BCUT2D eigenvalue weighted by atomic mass is 9.87. The summed E-state index contributed by atoms with van der Waals surface area (Å²) in [7, 11) is 3.17. The van der Waals surface area contributed by atoms with Gasteiger partial charge in [-0.1, -0.05) is 36.4 Å². The van der Waals surface area contributed by atoms with Crippen LogP contribution in [0.25, 0.3) is 0 Å². The summed E-state index contributed by atoms with van der Waals surface area (Å²) in [5.74, 6) is 1.28. The van der Waals surface area contributed by atoms with E-state index in [1.54, 1.807) is 28.1 Å². The first-order valence-corrected chi connectivity index (χ1v) is 9.78. The number of aliphatic hydroxyl groups is 1. The van der Waals surface area contributed by atoms with Crippen molar-refractivity contribution in [3.63, 3.8) is 0 Å². The van der Waals surface area contributed by atoms with E-state index in [4.69, 9.17) is 14.2 Å². The number of ether oxygens (including phenoxy) is 3. The van der Waals surface area contributed by atoms with E-state index in [0.29, 0.717) is 37.3 Å². The molecule has 2 aromatic rings. The maximum atomic E-state index is 12.6. The van der Waals surface area contributed by atoms with Gasteiger partial charge in [-0.25, -0.2) is 4.79 Å². The van der Waals surface area contributed by atoms with Crippen LogP contribution in [0, 0.1) is 0 Å². The molecule has 1 fully saturated rings. The number of carbonyl (C=O) groups excluding carboxylic acids is 1. The predicted molar refractivity (Wildman–Crippen MR) is 110 cm³/mol. The van der Waals surface area contributed by atoms with Crippen LogP contribution in [-0.4, -0.2) is 48.2 Å². The minimum absolute atomic E-state index is 0.336. The molecule has 6 nitrogen and oxygen atoms in total. The summed E-state index contributed by atoms with van der Waals surface area (Å²) >= 11 is 0. The van der Waals surface area contributed by atoms with Gasteiger partial charge in [0.15, 0.2) is 22.8 Å². The van der Waals surface area contributed by atoms with Gasteiger partial charge in [-0.2, -0.15) is 0 Å². The zero-order valence-electron chi connectivity index (χ0n) is 17.5. The number of carbonyl (C=O) groups is 1. The summed E-state index contributed by atoms with van der Waals surface area (Å²) in [6, 6.07) is 15.6. The number of amides is 1. The molecule has 1 heterocycles. The van der Waals surface area contributed by atoms with Gasteiger partial charge in [-0.05, 0) is 56.4 Å². The van der Waals surface area contributed by atoms with Gasteiger partial charge in [0.05, 0.1) is 14.2 Å². The molecule has 0 radical (unpaired) electrons. The highest BCUT2D eigenvalue weighted by Gasteiger charge is 2.58. The Morgan fingerprint density at radius 1 is 0.966 bits per heavy atom. The molecule has 0 saturated carbocycles. The van der Waals surface area contributed by atoms with Crippen molar-refractivity contribution in [1.29, 1.82) is 0 Å². The molecule has 3 rings (SSSR count). The van der Waals surface area contributed by atoms with Crippen molar-refractivity contribution >= 4 is 6.09 Å². The van der Waals surface area contributed by atoms with Gasteiger partial charge in [0.25, 0.3) is 0 Å². The monoisotopic (exact) mass is 399 g/mol. The van der Waals surface area contributed by atoms with Crippen molar-refractivity contribution in [2.24, 2.45) is 0 Å². The van der Waals surface area contributed by atoms with Gasteiger partial charge in [0.2, 0.25) is 0 Å². The van der Waals surface area contributed by atoms with E-state index in [2.05, 4.69) is 0 Å². The van der Waals surface area contributed by atoms with Gasteiger partial charge in [-0.15, -0.1) is 0 Å². The first-order chi connectivity index (χ1) is 13.8. The Morgan fingerprint density at radius 3 is 2.31 bits per heavy atom. The van der Waals surface area contributed by atoms with Crippen LogP contribution < -0.4 is 9.47 Å². The van der Waals surface area contributed by atoms with Gasteiger partial charge in [0, 0.05) is 6.54 Å². The fourth-order valence-corrected chi connectivity index (χ4v) is 3.71. The van der Waals surface area contributed by atoms with Crippen LogP contribution in [0.3, 0.4) is 0 Å². The molecule has 0 unspecified atom stereocenters. The Hall–Kier alpha value is -2.73. The highest BCUT2D eigenvalue weighted by Crippen LogP contribution is 2.40. The Labute approximate surface area is 172 Å². The molecule has 1 amide bonds. The smallest absolute Gasteiger partial charge is 0.412 e. The molecule has 0 aromatic heterocycles. The fraction of sp³-hybridized carbons (Fsp3) is 0.435. The third-order valence-electron chi connectivity index (χ3n) is 5.87. The lowest BCUT2D eigenvalue weighted by Gasteiger charge is -2.37. The summed E-state index contributed by atoms with van der Waals surface area (Å²) in [4.78, 5) is 14.0. The largest absolute Gasteiger partial charge is 0.493 e. The molecule has 0 spiro atoms. The number of rotatable bonds is 8. The molecule has 0 bridgehead atoms. The van der Waals surface area contributed by atoms with Crippen LogP contribution in [0.1, 0.15) is 31.4 Å². The molecule has 1 aliphatic rings. The van der Waals surface area contributed by atoms with E-state index in [1.807, 2.05) is 48.5 Å². The quantitative estimate of drug-likeness (QED) is 0.731. The minimum Gasteiger partial charge on any atom is -0.493 e. The maximum Gasteiger partial charge on any atom is 0.412 e. The lowest BCUT2D eigenvalue weighted by molar-refractivity contribution is -0.138. The third kappa shape index (κ3) is 4.17. The summed E-state index contributed by atoms with van der Waals surface area (Å²) < 4.78 is 16.3. The van der Waals surface area contributed by atoms with E-state index >= 15 is 0 Å². The molecule has 0 aliphatic carbocycles. The topological polar surface area (TPSA) is 68.2 Å². The highest BCUT2D eigenvalue weighted by molar-refractivity contribution is 5.72. The SMILES string of the molecule is COc1ccc(CCN2C(=O)O[C@@](C)(CCc3ccccc3)[C@]2(C)O)cc1OC. The normalized spacial score (nSPS) is 23.8. The van der Waals surface area contributed by atoms with Gasteiger partial charge in [0.1, 0.15) is 0 Å². The van der Waals surface area contributed by atoms with Crippen molar-refractivity contribution in [3.05, 3.63) is 59.7 Å². The number of aryl methyl sites for hydroxylation is 1. The molecule has 156 valence electrons. The summed E-state index contributed by atoms with van der Waals surface area (Å²) in [5, 5.41) is 11.2. The molecule has 29 heavy (non-hydrogen) atoms. The summed E-state index contributed by atoms with van der Waals surface area (Å²) in [5.41, 5.74) is -0.277. The molecule has 1 saturated heterocycles. The average Bonchev–Trinajstić information content (AvgIpc) is 2.89. The second-order valence-electron chi connectivity index (χ2n) is 7.70. The summed E-state index contributed by atoms with van der Waals surface area (Å²) in [6.07, 6.45) is 1.30. The first-order valence-electron chi connectivity index (χ1n) is 9.78.